The number of hydrogen-bond acceptors (Lipinski definition) is 4. The van der Waals surface area contributed by atoms with Crippen LogP contribution in [0.25, 0.3) is 10.2 Å². The van der Waals surface area contributed by atoms with E-state index in [0.29, 0.717) is 10.2 Å². The number of carbonyl (C=O) groups is 1. The number of fused-ring (bicyclic) bond motifs is 1. The van der Waals surface area contributed by atoms with Crippen LogP contribution in [0.4, 0.5) is 0 Å². The molecular weight excluding hydrogens is 282 g/mol. The Morgan fingerprint density at radius 2 is 2.40 bits per heavy atom. The van der Waals surface area contributed by atoms with E-state index in [2.05, 4.69) is 26.3 Å². The second kappa shape index (κ2) is 3.74. The average Bonchev–Trinajstić information content (AvgIpc) is 2.53. The summed E-state index contributed by atoms with van der Waals surface area (Å²) in [4.78, 5) is 26.6. The van der Waals surface area contributed by atoms with Crippen LogP contribution in [0.5, 0.6) is 0 Å². The third kappa shape index (κ3) is 1.80. The van der Waals surface area contributed by atoms with E-state index in [-0.39, 0.29) is 11.5 Å². The molecule has 2 aromatic rings. The van der Waals surface area contributed by atoms with Crippen LogP contribution in [-0.2, 0) is 4.79 Å². The fourth-order valence-electron chi connectivity index (χ4n) is 1.13. The van der Waals surface area contributed by atoms with Crippen LogP contribution in [0.15, 0.2) is 21.0 Å². The summed E-state index contributed by atoms with van der Waals surface area (Å²) in [6.45, 7) is 1.33. The zero-order chi connectivity index (χ0) is 11.0. The lowest BCUT2D eigenvalue weighted by molar-refractivity contribution is -0.115. The van der Waals surface area contributed by atoms with E-state index in [0.717, 1.165) is 9.15 Å². The van der Waals surface area contributed by atoms with E-state index in [1.165, 1.54) is 24.6 Å². The van der Waals surface area contributed by atoms with Gasteiger partial charge in [0, 0.05) is 12.3 Å². The first kappa shape index (κ1) is 10.3. The lowest BCUT2D eigenvalue weighted by atomic mass is 10.5. The smallest absolute Gasteiger partial charge is 0.274 e. The van der Waals surface area contributed by atoms with Gasteiger partial charge in [0.2, 0.25) is 5.91 Å². The second-order valence-corrected chi connectivity index (χ2v) is 4.58. The summed E-state index contributed by atoms with van der Waals surface area (Å²) in [6.07, 6.45) is 1.30. The van der Waals surface area contributed by atoms with Crippen LogP contribution in [0.1, 0.15) is 6.92 Å². The predicted molar refractivity (Wildman–Crippen MR) is 61.6 cm³/mol. The maximum absolute atomic E-state index is 11.8. The van der Waals surface area contributed by atoms with Gasteiger partial charge in [-0.05, 0) is 15.9 Å². The van der Waals surface area contributed by atoms with Crippen LogP contribution < -0.4 is 11.0 Å². The van der Waals surface area contributed by atoms with Crippen molar-refractivity contribution in [3.8, 4) is 0 Å². The summed E-state index contributed by atoms with van der Waals surface area (Å²) in [5.41, 5.74) is 2.71. The first-order valence-corrected chi connectivity index (χ1v) is 5.69. The second-order valence-electron chi connectivity index (χ2n) is 2.85. The van der Waals surface area contributed by atoms with Crippen molar-refractivity contribution in [1.82, 2.24) is 9.66 Å². The van der Waals surface area contributed by atoms with Crippen molar-refractivity contribution in [2.75, 3.05) is 5.43 Å². The summed E-state index contributed by atoms with van der Waals surface area (Å²) >= 11 is 4.58. The minimum Gasteiger partial charge on any atom is -0.274 e. The van der Waals surface area contributed by atoms with Crippen LogP contribution in [-0.4, -0.2) is 15.6 Å². The van der Waals surface area contributed by atoms with Gasteiger partial charge in [0.25, 0.3) is 5.56 Å². The molecule has 2 rings (SSSR count). The molecule has 0 fully saturated rings. The standard InChI is InChI=1S/C8H6BrN3O2S/c1-4(13)11-12-3-10-6-5(9)2-15-7(6)8(12)14/h2-3H,1H3,(H,11,13). The van der Waals surface area contributed by atoms with Crippen molar-refractivity contribution in [2.24, 2.45) is 0 Å². The van der Waals surface area contributed by atoms with Gasteiger partial charge < -0.3 is 0 Å². The maximum atomic E-state index is 11.8. The fraction of sp³-hybridized carbons (Fsp3) is 0.125. The molecule has 0 unspecified atom stereocenters. The number of rotatable bonds is 1. The Balaban J connectivity index is 2.66. The molecule has 0 bridgehead atoms. The molecule has 1 amide bonds. The summed E-state index contributed by atoms with van der Waals surface area (Å²) in [7, 11) is 0. The lowest BCUT2D eigenvalue weighted by Gasteiger charge is -2.03. The minimum atomic E-state index is -0.311. The van der Waals surface area contributed by atoms with E-state index in [9.17, 15) is 9.59 Å². The molecule has 0 aromatic carbocycles. The Kier molecular flexibility index (Phi) is 2.57. The van der Waals surface area contributed by atoms with Gasteiger partial charge in [-0.25, -0.2) is 9.66 Å². The quantitative estimate of drug-likeness (QED) is 0.860. The number of hydrogen-bond donors (Lipinski definition) is 1. The zero-order valence-electron chi connectivity index (χ0n) is 7.65. The number of halogens is 1. The first-order valence-electron chi connectivity index (χ1n) is 4.01. The Labute approximate surface area is 96.8 Å². The summed E-state index contributed by atoms with van der Waals surface area (Å²) in [6, 6.07) is 0. The molecule has 0 atom stereocenters. The van der Waals surface area contributed by atoms with Gasteiger partial charge in [-0.1, -0.05) is 0 Å². The molecule has 7 heteroatoms. The van der Waals surface area contributed by atoms with Crippen LogP contribution >= 0.6 is 27.3 Å². The van der Waals surface area contributed by atoms with E-state index in [1.807, 2.05) is 0 Å². The largest absolute Gasteiger partial charge is 0.290 e. The Bertz CT molecular complexity index is 589. The highest BCUT2D eigenvalue weighted by Gasteiger charge is 2.09. The third-order valence-electron chi connectivity index (χ3n) is 1.71. The Hall–Kier alpha value is -1.21. The van der Waals surface area contributed by atoms with Crippen molar-refractivity contribution in [3.05, 3.63) is 26.5 Å². The first-order chi connectivity index (χ1) is 7.09. The normalized spacial score (nSPS) is 10.5. The van der Waals surface area contributed by atoms with Gasteiger partial charge in [-0.2, -0.15) is 0 Å². The highest BCUT2D eigenvalue weighted by Crippen LogP contribution is 2.25. The topological polar surface area (TPSA) is 64.0 Å². The molecule has 2 heterocycles. The lowest BCUT2D eigenvalue weighted by Crippen LogP contribution is -2.31. The molecule has 2 aromatic heterocycles. The molecular formula is C8H6BrN3O2S. The molecule has 0 aliphatic rings. The van der Waals surface area contributed by atoms with Gasteiger partial charge in [0.1, 0.15) is 16.5 Å². The number of aromatic nitrogens is 2. The van der Waals surface area contributed by atoms with Crippen LogP contribution in [0.3, 0.4) is 0 Å². The summed E-state index contributed by atoms with van der Waals surface area (Å²) in [5.74, 6) is -0.311. The minimum absolute atomic E-state index is 0.272. The third-order valence-corrected chi connectivity index (χ3v) is 3.58. The molecule has 1 N–H and O–H groups in total. The van der Waals surface area contributed by atoms with Crippen molar-refractivity contribution < 1.29 is 4.79 Å². The SMILES string of the molecule is CC(=O)Nn1cnc2c(Br)csc2c1=O. The number of thiophene rings is 1. The molecule has 5 nitrogen and oxygen atoms in total. The van der Waals surface area contributed by atoms with Crippen molar-refractivity contribution >= 4 is 43.4 Å². The fourth-order valence-corrected chi connectivity index (χ4v) is 2.65. The van der Waals surface area contributed by atoms with E-state index < -0.39 is 0 Å². The van der Waals surface area contributed by atoms with Gasteiger partial charge in [0.15, 0.2) is 0 Å². The van der Waals surface area contributed by atoms with Crippen molar-refractivity contribution in [1.29, 1.82) is 0 Å². The van der Waals surface area contributed by atoms with Gasteiger partial charge >= 0.3 is 0 Å². The van der Waals surface area contributed by atoms with Crippen LogP contribution in [0, 0.1) is 0 Å². The molecule has 0 spiro atoms. The molecule has 0 aliphatic carbocycles. The maximum Gasteiger partial charge on any atom is 0.290 e. The van der Waals surface area contributed by atoms with E-state index in [4.69, 9.17) is 0 Å². The van der Waals surface area contributed by atoms with E-state index in [1.54, 1.807) is 5.38 Å². The molecule has 0 radical (unpaired) electrons. The van der Waals surface area contributed by atoms with Gasteiger partial charge in [-0.3, -0.25) is 15.0 Å². The van der Waals surface area contributed by atoms with Gasteiger partial charge in [0.05, 0.1) is 4.47 Å². The average molecular weight is 288 g/mol. The number of nitrogens with one attached hydrogen (secondary N) is 1. The highest BCUT2D eigenvalue weighted by molar-refractivity contribution is 9.10. The highest BCUT2D eigenvalue weighted by atomic mass is 79.9. The van der Waals surface area contributed by atoms with Crippen LogP contribution in [0.2, 0.25) is 0 Å². The van der Waals surface area contributed by atoms with E-state index >= 15 is 0 Å². The Morgan fingerprint density at radius 3 is 3.07 bits per heavy atom. The molecule has 0 saturated carbocycles. The zero-order valence-corrected chi connectivity index (χ0v) is 10.1. The Morgan fingerprint density at radius 1 is 1.67 bits per heavy atom. The molecule has 15 heavy (non-hydrogen) atoms. The number of carbonyl (C=O) groups excluding carboxylic acids is 1. The van der Waals surface area contributed by atoms with Crippen molar-refractivity contribution in [2.45, 2.75) is 6.92 Å². The van der Waals surface area contributed by atoms with Gasteiger partial charge in [-0.15, -0.1) is 11.3 Å². The molecule has 0 aliphatic heterocycles. The van der Waals surface area contributed by atoms with Crippen molar-refractivity contribution in [3.63, 3.8) is 0 Å². The summed E-state index contributed by atoms with van der Waals surface area (Å²) in [5, 5.41) is 1.79. The monoisotopic (exact) mass is 287 g/mol. The molecule has 0 saturated heterocycles. The number of nitrogens with zero attached hydrogens (tertiary/aromatic N) is 2. The summed E-state index contributed by atoms with van der Waals surface area (Å²) < 4.78 is 2.38. The molecule has 78 valence electrons. The number of amides is 1. The predicted octanol–water partition coefficient (Wildman–Crippen LogP) is 1.31.